The first-order chi connectivity index (χ1) is 8.58. The fraction of sp³-hybridized carbons (Fsp3) is 0.500. The lowest BCUT2D eigenvalue weighted by Gasteiger charge is -2.23. The summed E-state index contributed by atoms with van der Waals surface area (Å²) in [5.41, 5.74) is 4.37. The van der Waals surface area contributed by atoms with E-state index in [0.717, 1.165) is 17.8 Å². The molecule has 4 heteroatoms. The lowest BCUT2D eigenvalue weighted by atomic mass is 10.0. The Kier molecular flexibility index (Phi) is 3.99. The van der Waals surface area contributed by atoms with E-state index >= 15 is 0 Å². The molecule has 1 aliphatic heterocycles. The van der Waals surface area contributed by atoms with Crippen LogP contribution in [0.2, 0.25) is 0 Å². The van der Waals surface area contributed by atoms with Crippen LogP contribution in [0.15, 0.2) is 12.1 Å². The highest BCUT2D eigenvalue weighted by atomic mass is 16.5. The summed E-state index contributed by atoms with van der Waals surface area (Å²) in [6, 6.07) is 4.10. The van der Waals surface area contributed by atoms with E-state index in [9.17, 15) is 4.79 Å². The van der Waals surface area contributed by atoms with Crippen molar-refractivity contribution in [3.63, 3.8) is 0 Å². The van der Waals surface area contributed by atoms with Crippen molar-refractivity contribution in [3.8, 4) is 0 Å². The normalized spacial score (nSPS) is 19.6. The summed E-state index contributed by atoms with van der Waals surface area (Å²) in [6.07, 6.45) is -0.389. The number of hydrogen-bond donors (Lipinski definition) is 2. The second-order valence-electron chi connectivity index (χ2n) is 4.80. The van der Waals surface area contributed by atoms with E-state index in [1.807, 2.05) is 19.9 Å². The third kappa shape index (κ3) is 2.89. The van der Waals surface area contributed by atoms with Crippen molar-refractivity contribution in [2.75, 3.05) is 25.0 Å². The molecule has 1 saturated heterocycles. The number of carbonyl (C=O) groups excluding carboxylic acids is 1. The molecule has 1 aromatic carbocycles. The number of carbonyl (C=O) groups is 1. The highest BCUT2D eigenvalue weighted by Gasteiger charge is 2.22. The topological polar surface area (TPSA) is 50.4 Å². The molecule has 0 radical (unpaired) electrons. The van der Waals surface area contributed by atoms with Crippen LogP contribution >= 0.6 is 0 Å². The largest absolute Gasteiger partial charge is 0.366 e. The first kappa shape index (κ1) is 13.1. The number of amides is 1. The van der Waals surface area contributed by atoms with Gasteiger partial charge in [-0.3, -0.25) is 4.79 Å². The molecule has 1 unspecified atom stereocenters. The Hall–Kier alpha value is -1.39. The maximum absolute atomic E-state index is 12.0. The summed E-state index contributed by atoms with van der Waals surface area (Å²) in [6.45, 7) is 8.10. The molecular formula is C14H20N2O2. The van der Waals surface area contributed by atoms with Gasteiger partial charge in [0.2, 0.25) is 0 Å². The first-order valence-electron chi connectivity index (χ1n) is 6.29. The van der Waals surface area contributed by atoms with Crippen LogP contribution in [0.5, 0.6) is 0 Å². The molecule has 1 atom stereocenters. The molecule has 1 aromatic rings. The molecule has 1 amide bonds. The Balaban J connectivity index is 2.08. The molecule has 0 bridgehead atoms. The van der Waals surface area contributed by atoms with E-state index in [2.05, 4.69) is 23.6 Å². The van der Waals surface area contributed by atoms with E-state index in [1.165, 1.54) is 11.1 Å². The summed E-state index contributed by atoms with van der Waals surface area (Å²) in [5.74, 6) is -0.0754. The van der Waals surface area contributed by atoms with Gasteiger partial charge in [-0.1, -0.05) is 6.07 Å². The summed E-state index contributed by atoms with van der Waals surface area (Å²) >= 11 is 0. The van der Waals surface area contributed by atoms with Crippen LogP contribution < -0.4 is 10.6 Å². The average molecular weight is 248 g/mol. The van der Waals surface area contributed by atoms with E-state index in [4.69, 9.17) is 4.74 Å². The van der Waals surface area contributed by atoms with Crippen molar-refractivity contribution in [1.82, 2.24) is 5.32 Å². The fourth-order valence-corrected chi connectivity index (χ4v) is 2.04. The van der Waals surface area contributed by atoms with Crippen LogP contribution in [0.3, 0.4) is 0 Å². The Morgan fingerprint density at radius 2 is 2.00 bits per heavy atom. The lowest BCUT2D eigenvalue weighted by molar-refractivity contribution is -0.128. The average Bonchev–Trinajstić information content (AvgIpc) is 2.37. The molecule has 0 aromatic heterocycles. The third-order valence-electron chi connectivity index (χ3n) is 3.32. The molecule has 2 rings (SSSR count). The predicted molar refractivity (Wildman–Crippen MR) is 71.9 cm³/mol. The Labute approximate surface area is 108 Å². The van der Waals surface area contributed by atoms with Gasteiger partial charge in [-0.25, -0.2) is 0 Å². The van der Waals surface area contributed by atoms with Gasteiger partial charge in [0.1, 0.15) is 6.10 Å². The van der Waals surface area contributed by atoms with Gasteiger partial charge in [0.25, 0.3) is 5.91 Å². The van der Waals surface area contributed by atoms with Crippen molar-refractivity contribution < 1.29 is 9.53 Å². The van der Waals surface area contributed by atoms with Gasteiger partial charge < -0.3 is 15.4 Å². The minimum Gasteiger partial charge on any atom is -0.366 e. The highest BCUT2D eigenvalue weighted by Crippen LogP contribution is 2.20. The van der Waals surface area contributed by atoms with Gasteiger partial charge in [-0.15, -0.1) is 0 Å². The first-order valence-corrected chi connectivity index (χ1v) is 6.29. The van der Waals surface area contributed by atoms with Crippen LogP contribution in [-0.4, -0.2) is 31.7 Å². The minimum atomic E-state index is -0.389. The van der Waals surface area contributed by atoms with Gasteiger partial charge in [-0.2, -0.15) is 0 Å². The van der Waals surface area contributed by atoms with E-state index in [-0.39, 0.29) is 12.0 Å². The van der Waals surface area contributed by atoms with Crippen molar-refractivity contribution in [1.29, 1.82) is 0 Å². The quantitative estimate of drug-likeness (QED) is 0.834. The zero-order valence-corrected chi connectivity index (χ0v) is 11.2. The minimum absolute atomic E-state index is 0.0754. The monoisotopic (exact) mass is 248 g/mol. The van der Waals surface area contributed by atoms with Crippen molar-refractivity contribution >= 4 is 11.6 Å². The summed E-state index contributed by atoms with van der Waals surface area (Å²) in [4.78, 5) is 12.0. The molecule has 4 nitrogen and oxygen atoms in total. The Morgan fingerprint density at radius 3 is 2.67 bits per heavy atom. The third-order valence-corrected chi connectivity index (χ3v) is 3.32. The van der Waals surface area contributed by atoms with Crippen LogP contribution in [0.1, 0.15) is 16.7 Å². The molecule has 18 heavy (non-hydrogen) atoms. The number of hydrogen-bond acceptors (Lipinski definition) is 3. The molecule has 0 spiro atoms. The van der Waals surface area contributed by atoms with E-state index in [1.54, 1.807) is 0 Å². The summed E-state index contributed by atoms with van der Waals surface area (Å²) in [5, 5.41) is 6.09. The van der Waals surface area contributed by atoms with Gasteiger partial charge in [0.05, 0.1) is 6.61 Å². The van der Waals surface area contributed by atoms with Gasteiger partial charge >= 0.3 is 0 Å². The number of ether oxygens (including phenoxy) is 1. The number of benzene rings is 1. The number of morpholine rings is 1. The van der Waals surface area contributed by atoms with E-state index < -0.39 is 0 Å². The maximum atomic E-state index is 12.0. The van der Waals surface area contributed by atoms with Crippen molar-refractivity contribution in [3.05, 3.63) is 28.8 Å². The van der Waals surface area contributed by atoms with Gasteiger partial charge in [0, 0.05) is 18.8 Å². The number of nitrogens with one attached hydrogen (secondary N) is 2. The molecule has 1 fully saturated rings. The standard InChI is InChI=1S/C14H20N2O2/c1-9-6-11(3)12(7-10(9)2)16-14(17)13-8-15-4-5-18-13/h6-7,13,15H,4-5,8H2,1-3H3,(H,16,17). The maximum Gasteiger partial charge on any atom is 0.254 e. The number of anilines is 1. The molecular weight excluding hydrogens is 228 g/mol. The molecule has 98 valence electrons. The number of aryl methyl sites for hydroxylation is 3. The van der Waals surface area contributed by atoms with Crippen LogP contribution in [0.4, 0.5) is 5.69 Å². The van der Waals surface area contributed by atoms with Crippen LogP contribution in [-0.2, 0) is 9.53 Å². The van der Waals surface area contributed by atoms with Gasteiger partial charge in [0.15, 0.2) is 0 Å². The molecule has 0 saturated carbocycles. The second-order valence-corrected chi connectivity index (χ2v) is 4.80. The SMILES string of the molecule is Cc1cc(C)c(NC(=O)C2CNCCO2)cc1C. The highest BCUT2D eigenvalue weighted by molar-refractivity contribution is 5.95. The van der Waals surface area contributed by atoms with Gasteiger partial charge in [-0.05, 0) is 43.5 Å². The Morgan fingerprint density at radius 1 is 1.28 bits per heavy atom. The van der Waals surface area contributed by atoms with Crippen LogP contribution in [0, 0.1) is 20.8 Å². The van der Waals surface area contributed by atoms with E-state index in [0.29, 0.717) is 13.2 Å². The molecule has 2 N–H and O–H groups in total. The smallest absolute Gasteiger partial charge is 0.254 e. The molecule has 1 aliphatic rings. The van der Waals surface area contributed by atoms with Crippen LogP contribution in [0.25, 0.3) is 0 Å². The van der Waals surface area contributed by atoms with Crippen molar-refractivity contribution in [2.45, 2.75) is 26.9 Å². The molecule has 0 aliphatic carbocycles. The second kappa shape index (κ2) is 5.50. The number of rotatable bonds is 2. The zero-order chi connectivity index (χ0) is 13.1. The molecule has 1 heterocycles. The fourth-order valence-electron chi connectivity index (χ4n) is 2.04. The lowest BCUT2D eigenvalue weighted by Crippen LogP contribution is -2.45. The predicted octanol–water partition coefficient (Wildman–Crippen LogP) is 1.54. The van der Waals surface area contributed by atoms with Crippen molar-refractivity contribution in [2.24, 2.45) is 0 Å². The zero-order valence-electron chi connectivity index (χ0n) is 11.2. The summed E-state index contributed by atoms with van der Waals surface area (Å²) in [7, 11) is 0. The summed E-state index contributed by atoms with van der Waals surface area (Å²) < 4.78 is 5.43. The Bertz CT molecular complexity index is 451.